The zero-order valence-electron chi connectivity index (χ0n) is 11.3. The number of alkyl halides is 3. The molecule has 3 nitrogen and oxygen atoms in total. The van der Waals surface area contributed by atoms with Crippen LogP contribution in [0.15, 0.2) is 18.2 Å². The van der Waals surface area contributed by atoms with Crippen LogP contribution in [-0.4, -0.2) is 30.5 Å². The third kappa shape index (κ3) is 4.15. The Hall–Kier alpha value is -1.18. The van der Waals surface area contributed by atoms with Gasteiger partial charge in [0.25, 0.3) is 0 Å². The maximum absolute atomic E-state index is 13.3. The van der Waals surface area contributed by atoms with Gasteiger partial charge in [-0.05, 0) is 36.6 Å². The monoisotopic (exact) mass is 307 g/mol. The highest BCUT2D eigenvalue weighted by atomic mass is 19.4. The fourth-order valence-electron chi connectivity index (χ4n) is 2.36. The van der Waals surface area contributed by atoms with Gasteiger partial charge in [0.1, 0.15) is 5.82 Å². The first-order chi connectivity index (χ1) is 9.85. The Morgan fingerprint density at radius 1 is 1.19 bits per heavy atom. The van der Waals surface area contributed by atoms with E-state index in [-0.39, 0.29) is 18.7 Å². The van der Waals surface area contributed by atoms with E-state index in [0.717, 1.165) is 12.1 Å². The predicted octanol–water partition coefficient (Wildman–Crippen LogP) is 2.48. The summed E-state index contributed by atoms with van der Waals surface area (Å²) in [6.45, 7) is 0.869. The van der Waals surface area contributed by atoms with Crippen molar-refractivity contribution in [2.24, 2.45) is 0 Å². The van der Waals surface area contributed by atoms with E-state index < -0.39 is 23.1 Å². The lowest BCUT2D eigenvalue weighted by molar-refractivity contribution is -0.137. The average Bonchev–Trinajstić information content (AvgIpc) is 2.45. The minimum atomic E-state index is -4.58. The maximum Gasteiger partial charge on any atom is 0.416 e. The molecule has 1 saturated heterocycles. The Bertz CT molecular complexity index is 484. The zero-order valence-corrected chi connectivity index (χ0v) is 11.3. The lowest BCUT2D eigenvalue weighted by Crippen LogP contribution is -2.51. The number of aliphatic hydroxyl groups excluding tert-OH is 1. The van der Waals surface area contributed by atoms with Crippen molar-refractivity contribution in [1.82, 2.24) is 5.32 Å². The van der Waals surface area contributed by atoms with Crippen molar-refractivity contribution in [3.8, 4) is 0 Å². The molecule has 0 unspecified atom stereocenters. The summed E-state index contributed by atoms with van der Waals surface area (Å²) in [5.41, 5.74) is -1.39. The molecule has 1 heterocycles. The van der Waals surface area contributed by atoms with E-state index in [0.29, 0.717) is 32.1 Å². The molecular formula is C14H17F4NO2. The SMILES string of the molecule is OCC1(NCc2cc(F)cc(C(F)(F)F)c2)CCOCC1. The standard InChI is InChI=1S/C14H17F4NO2/c15-12-6-10(5-11(7-12)14(16,17)18)8-19-13(9-20)1-3-21-4-2-13/h5-7,19-20H,1-4,8-9H2. The van der Waals surface area contributed by atoms with Crippen LogP contribution in [0.2, 0.25) is 0 Å². The Morgan fingerprint density at radius 2 is 1.86 bits per heavy atom. The van der Waals surface area contributed by atoms with Gasteiger partial charge in [0.05, 0.1) is 12.2 Å². The van der Waals surface area contributed by atoms with Gasteiger partial charge in [-0.15, -0.1) is 0 Å². The lowest BCUT2D eigenvalue weighted by atomic mass is 9.90. The minimum absolute atomic E-state index is 0.0569. The van der Waals surface area contributed by atoms with E-state index in [1.165, 1.54) is 0 Å². The molecule has 0 atom stereocenters. The van der Waals surface area contributed by atoms with E-state index in [2.05, 4.69) is 5.32 Å². The number of hydrogen-bond acceptors (Lipinski definition) is 3. The summed E-state index contributed by atoms with van der Waals surface area (Å²) in [6.07, 6.45) is -3.46. The van der Waals surface area contributed by atoms with Crippen LogP contribution >= 0.6 is 0 Å². The lowest BCUT2D eigenvalue weighted by Gasteiger charge is -2.36. The highest BCUT2D eigenvalue weighted by Gasteiger charge is 2.33. The van der Waals surface area contributed by atoms with Crippen molar-refractivity contribution in [2.45, 2.75) is 31.1 Å². The normalized spacial score (nSPS) is 18.7. The average molecular weight is 307 g/mol. The van der Waals surface area contributed by atoms with E-state index in [4.69, 9.17) is 4.74 Å². The second-order valence-corrected chi connectivity index (χ2v) is 5.25. The molecule has 2 rings (SSSR count). The van der Waals surface area contributed by atoms with Gasteiger partial charge < -0.3 is 15.2 Å². The Balaban J connectivity index is 2.10. The topological polar surface area (TPSA) is 41.5 Å². The van der Waals surface area contributed by atoms with E-state index in [1.54, 1.807) is 0 Å². The summed E-state index contributed by atoms with van der Waals surface area (Å²) in [7, 11) is 0. The van der Waals surface area contributed by atoms with Crippen molar-refractivity contribution in [3.05, 3.63) is 35.1 Å². The quantitative estimate of drug-likeness (QED) is 0.840. The van der Waals surface area contributed by atoms with Crippen LogP contribution in [-0.2, 0) is 17.5 Å². The number of aliphatic hydroxyl groups is 1. The molecule has 1 aliphatic heterocycles. The molecule has 0 radical (unpaired) electrons. The summed E-state index contributed by atoms with van der Waals surface area (Å²) in [5, 5.41) is 12.5. The second kappa shape index (κ2) is 6.29. The third-order valence-electron chi connectivity index (χ3n) is 3.70. The maximum atomic E-state index is 13.3. The van der Waals surface area contributed by atoms with Gasteiger partial charge >= 0.3 is 6.18 Å². The molecular weight excluding hydrogens is 290 g/mol. The van der Waals surface area contributed by atoms with Crippen molar-refractivity contribution < 1.29 is 27.4 Å². The van der Waals surface area contributed by atoms with Crippen LogP contribution in [0.1, 0.15) is 24.0 Å². The van der Waals surface area contributed by atoms with Gasteiger partial charge in [-0.2, -0.15) is 13.2 Å². The Morgan fingerprint density at radius 3 is 2.43 bits per heavy atom. The summed E-state index contributed by atoms with van der Waals surface area (Å²) >= 11 is 0. The first-order valence-corrected chi connectivity index (χ1v) is 6.65. The molecule has 1 aliphatic rings. The van der Waals surface area contributed by atoms with Gasteiger partial charge in [0.2, 0.25) is 0 Å². The summed E-state index contributed by atoms with van der Waals surface area (Å²) < 4.78 is 56.4. The van der Waals surface area contributed by atoms with Crippen LogP contribution < -0.4 is 5.32 Å². The Labute approximate surface area is 119 Å². The van der Waals surface area contributed by atoms with Crippen molar-refractivity contribution in [2.75, 3.05) is 19.8 Å². The molecule has 0 aromatic heterocycles. The highest BCUT2D eigenvalue weighted by Crippen LogP contribution is 2.30. The molecule has 0 bridgehead atoms. The van der Waals surface area contributed by atoms with Crippen LogP contribution in [0.4, 0.5) is 17.6 Å². The number of hydrogen-bond donors (Lipinski definition) is 2. The molecule has 0 spiro atoms. The number of halogens is 4. The largest absolute Gasteiger partial charge is 0.416 e. The van der Waals surface area contributed by atoms with E-state index >= 15 is 0 Å². The molecule has 0 amide bonds. The number of ether oxygens (including phenoxy) is 1. The molecule has 0 saturated carbocycles. The first kappa shape index (κ1) is 16.2. The highest BCUT2D eigenvalue weighted by molar-refractivity contribution is 5.27. The molecule has 1 aromatic rings. The smallest absolute Gasteiger partial charge is 0.394 e. The number of benzene rings is 1. The van der Waals surface area contributed by atoms with Gasteiger partial charge in [-0.25, -0.2) is 4.39 Å². The molecule has 1 aromatic carbocycles. The first-order valence-electron chi connectivity index (χ1n) is 6.65. The van der Waals surface area contributed by atoms with Gasteiger partial charge in [0, 0.05) is 25.3 Å². The van der Waals surface area contributed by atoms with E-state index in [1.807, 2.05) is 0 Å². The Kier molecular flexibility index (Phi) is 4.85. The van der Waals surface area contributed by atoms with Crippen molar-refractivity contribution in [3.63, 3.8) is 0 Å². The van der Waals surface area contributed by atoms with Crippen molar-refractivity contribution in [1.29, 1.82) is 0 Å². The number of nitrogens with one attached hydrogen (secondary N) is 1. The molecule has 21 heavy (non-hydrogen) atoms. The molecule has 118 valence electrons. The minimum Gasteiger partial charge on any atom is -0.394 e. The van der Waals surface area contributed by atoms with E-state index in [9.17, 15) is 22.7 Å². The third-order valence-corrected chi connectivity index (χ3v) is 3.70. The summed E-state index contributed by atoms with van der Waals surface area (Å²) in [6, 6.07) is 2.45. The fraction of sp³-hybridized carbons (Fsp3) is 0.571. The predicted molar refractivity (Wildman–Crippen MR) is 68.1 cm³/mol. The van der Waals surface area contributed by atoms with Crippen LogP contribution in [0.3, 0.4) is 0 Å². The zero-order chi connectivity index (χ0) is 15.5. The molecule has 1 fully saturated rings. The molecule has 2 N–H and O–H groups in total. The second-order valence-electron chi connectivity index (χ2n) is 5.25. The van der Waals surface area contributed by atoms with Gasteiger partial charge in [-0.1, -0.05) is 0 Å². The summed E-state index contributed by atoms with van der Waals surface area (Å²) in [4.78, 5) is 0. The van der Waals surface area contributed by atoms with Gasteiger partial charge in [0.15, 0.2) is 0 Å². The molecule has 0 aliphatic carbocycles. The van der Waals surface area contributed by atoms with Crippen LogP contribution in [0.5, 0.6) is 0 Å². The summed E-state index contributed by atoms with van der Waals surface area (Å²) in [5.74, 6) is -0.924. The van der Waals surface area contributed by atoms with Crippen LogP contribution in [0, 0.1) is 5.82 Å². The fourth-order valence-corrected chi connectivity index (χ4v) is 2.36. The van der Waals surface area contributed by atoms with Crippen LogP contribution in [0.25, 0.3) is 0 Å². The molecule has 7 heteroatoms. The van der Waals surface area contributed by atoms with Gasteiger partial charge in [-0.3, -0.25) is 0 Å². The van der Waals surface area contributed by atoms with Crippen molar-refractivity contribution >= 4 is 0 Å². The number of rotatable bonds is 4.